The molecule has 0 bridgehead atoms. The van der Waals surface area contributed by atoms with E-state index >= 15 is 0 Å². The van der Waals surface area contributed by atoms with Gasteiger partial charge in [0.25, 0.3) is 0 Å². The maximum atomic E-state index is 14.3. The van der Waals surface area contributed by atoms with Gasteiger partial charge in [-0.25, -0.2) is 4.39 Å². The molecule has 6 heteroatoms. The van der Waals surface area contributed by atoms with Gasteiger partial charge in [-0.2, -0.15) is 0 Å². The molecule has 2 amide bonds. The number of nitrogens with zero attached hydrogens (tertiary/aromatic N) is 1. The van der Waals surface area contributed by atoms with E-state index in [9.17, 15) is 14.0 Å². The van der Waals surface area contributed by atoms with Crippen molar-refractivity contribution in [2.75, 3.05) is 11.4 Å². The zero-order chi connectivity index (χ0) is 23.4. The predicted molar refractivity (Wildman–Crippen MR) is 131 cm³/mol. The number of anilines is 1. The molecule has 0 aromatic heterocycles. The molecular formula is C27H27FN2O2S. The number of carbonyl (C=O) groups excluding carboxylic acids is 2. The first-order valence-electron chi connectivity index (χ1n) is 11.1. The van der Waals surface area contributed by atoms with Crippen molar-refractivity contribution in [2.24, 2.45) is 5.92 Å². The highest BCUT2D eigenvalue weighted by molar-refractivity contribution is 8.01. The quantitative estimate of drug-likeness (QED) is 0.529. The second-order valence-electron chi connectivity index (χ2n) is 8.34. The van der Waals surface area contributed by atoms with Crippen LogP contribution in [0, 0.1) is 18.7 Å². The molecule has 0 saturated heterocycles. The standard InChI is InChI=1S/C27H27FN2O2S/c1-18-11-13-20(14-12-18)15-16-29-26(31)19(2)25-27(32)30(17-21-7-3-4-8-22(21)28)23-9-5-6-10-24(23)33-25/h3-14,19,25H,15-17H2,1-2H3,(H,29,31)/t19-,25+/m0/s1. The van der Waals surface area contributed by atoms with Crippen LogP contribution in [0.5, 0.6) is 0 Å². The van der Waals surface area contributed by atoms with E-state index in [2.05, 4.69) is 29.6 Å². The third-order valence-electron chi connectivity index (χ3n) is 5.91. The lowest BCUT2D eigenvalue weighted by molar-refractivity contribution is -0.128. The van der Waals surface area contributed by atoms with Crippen LogP contribution < -0.4 is 10.2 Å². The number of fused-ring (bicyclic) bond motifs is 1. The Morgan fingerprint density at radius 3 is 2.52 bits per heavy atom. The van der Waals surface area contributed by atoms with Crippen LogP contribution in [0.3, 0.4) is 0 Å². The van der Waals surface area contributed by atoms with Gasteiger partial charge in [0.1, 0.15) is 11.1 Å². The summed E-state index contributed by atoms with van der Waals surface area (Å²) in [5.74, 6) is -1.21. The van der Waals surface area contributed by atoms with Crippen LogP contribution in [-0.2, 0) is 22.6 Å². The number of para-hydroxylation sites is 1. The lowest BCUT2D eigenvalue weighted by Gasteiger charge is -2.35. The van der Waals surface area contributed by atoms with Gasteiger partial charge in [0.15, 0.2) is 0 Å². The molecule has 1 aliphatic rings. The fraction of sp³-hybridized carbons (Fsp3) is 0.259. The van der Waals surface area contributed by atoms with Gasteiger partial charge < -0.3 is 10.2 Å². The number of nitrogens with one attached hydrogen (secondary N) is 1. The first kappa shape index (κ1) is 23.1. The average Bonchev–Trinajstić information content (AvgIpc) is 2.82. The largest absolute Gasteiger partial charge is 0.355 e. The van der Waals surface area contributed by atoms with Crippen molar-refractivity contribution in [3.05, 3.63) is 95.3 Å². The van der Waals surface area contributed by atoms with E-state index in [4.69, 9.17) is 0 Å². The number of benzene rings is 3. The monoisotopic (exact) mass is 462 g/mol. The van der Waals surface area contributed by atoms with Crippen LogP contribution in [0.25, 0.3) is 0 Å². The number of amides is 2. The van der Waals surface area contributed by atoms with E-state index in [0.29, 0.717) is 12.1 Å². The number of hydrogen-bond acceptors (Lipinski definition) is 3. The maximum absolute atomic E-state index is 14.3. The Hall–Kier alpha value is -3.12. The molecule has 1 N–H and O–H groups in total. The highest BCUT2D eigenvalue weighted by Gasteiger charge is 2.39. The molecule has 0 spiro atoms. The fourth-order valence-electron chi connectivity index (χ4n) is 3.90. The molecule has 0 saturated carbocycles. The van der Waals surface area contributed by atoms with Crippen LogP contribution in [0.15, 0.2) is 77.7 Å². The Kier molecular flexibility index (Phi) is 7.14. The molecule has 3 aromatic rings. The summed E-state index contributed by atoms with van der Waals surface area (Å²) in [6, 6.07) is 22.3. The van der Waals surface area contributed by atoms with Crippen molar-refractivity contribution in [3.63, 3.8) is 0 Å². The van der Waals surface area contributed by atoms with Gasteiger partial charge in [-0.1, -0.05) is 67.1 Å². The molecule has 0 aliphatic carbocycles. The molecule has 1 heterocycles. The lowest BCUT2D eigenvalue weighted by Crippen LogP contribution is -2.47. The number of hydrogen-bond donors (Lipinski definition) is 1. The van der Waals surface area contributed by atoms with Crippen molar-refractivity contribution in [1.82, 2.24) is 5.32 Å². The minimum atomic E-state index is -0.578. The second kappa shape index (κ2) is 10.2. The van der Waals surface area contributed by atoms with E-state index in [1.54, 1.807) is 30.0 Å². The Morgan fingerprint density at radius 2 is 1.76 bits per heavy atom. The molecule has 170 valence electrons. The van der Waals surface area contributed by atoms with Gasteiger partial charge in [0, 0.05) is 17.0 Å². The fourth-order valence-corrected chi connectivity index (χ4v) is 5.18. The minimum Gasteiger partial charge on any atom is -0.355 e. The van der Waals surface area contributed by atoms with Crippen LogP contribution in [0.2, 0.25) is 0 Å². The van der Waals surface area contributed by atoms with Crippen molar-refractivity contribution < 1.29 is 14.0 Å². The molecular weight excluding hydrogens is 435 g/mol. The Bertz CT molecular complexity index is 1150. The molecule has 0 radical (unpaired) electrons. The molecule has 4 nitrogen and oxygen atoms in total. The first-order chi connectivity index (χ1) is 15.9. The van der Waals surface area contributed by atoms with Gasteiger partial charge in [0.2, 0.25) is 11.8 Å². The zero-order valence-corrected chi connectivity index (χ0v) is 19.6. The molecule has 0 unspecified atom stereocenters. The van der Waals surface area contributed by atoms with Crippen molar-refractivity contribution in [3.8, 4) is 0 Å². The zero-order valence-electron chi connectivity index (χ0n) is 18.8. The summed E-state index contributed by atoms with van der Waals surface area (Å²) >= 11 is 1.41. The van der Waals surface area contributed by atoms with Crippen LogP contribution in [0.4, 0.5) is 10.1 Å². The van der Waals surface area contributed by atoms with Gasteiger partial charge in [-0.3, -0.25) is 9.59 Å². The van der Waals surface area contributed by atoms with E-state index in [1.807, 2.05) is 31.2 Å². The molecule has 4 rings (SSSR count). The number of thioether (sulfide) groups is 1. The number of rotatable bonds is 7. The minimum absolute atomic E-state index is 0.126. The van der Waals surface area contributed by atoms with Crippen molar-refractivity contribution in [2.45, 2.75) is 37.0 Å². The number of carbonyl (C=O) groups is 2. The summed E-state index contributed by atoms with van der Waals surface area (Å²) in [5.41, 5.74) is 3.55. The lowest BCUT2D eigenvalue weighted by atomic mass is 10.0. The Balaban J connectivity index is 1.47. The van der Waals surface area contributed by atoms with Gasteiger partial charge >= 0.3 is 0 Å². The molecule has 2 atom stereocenters. The highest BCUT2D eigenvalue weighted by atomic mass is 32.2. The molecule has 1 aliphatic heterocycles. The third-order valence-corrected chi connectivity index (χ3v) is 7.37. The smallest absolute Gasteiger partial charge is 0.241 e. The summed E-state index contributed by atoms with van der Waals surface area (Å²) in [4.78, 5) is 28.9. The van der Waals surface area contributed by atoms with Crippen molar-refractivity contribution >= 4 is 29.3 Å². The summed E-state index contributed by atoms with van der Waals surface area (Å²) in [7, 11) is 0. The van der Waals surface area contributed by atoms with Crippen LogP contribution >= 0.6 is 11.8 Å². The maximum Gasteiger partial charge on any atom is 0.241 e. The summed E-state index contributed by atoms with van der Waals surface area (Å²) < 4.78 is 14.3. The molecule has 3 aromatic carbocycles. The third kappa shape index (κ3) is 5.28. The summed E-state index contributed by atoms with van der Waals surface area (Å²) in [6.07, 6.45) is 0.729. The van der Waals surface area contributed by atoms with Gasteiger partial charge in [-0.05, 0) is 37.1 Å². The molecule has 0 fully saturated rings. The SMILES string of the molecule is Cc1ccc(CCNC(=O)[C@@H](C)[C@H]2Sc3ccccc3N(Cc3ccccc3F)C2=O)cc1. The van der Waals surface area contributed by atoms with E-state index in [-0.39, 0.29) is 24.2 Å². The summed E-state index contributed by atoms with van der Waals surface area (Å²) in [6.45, 7) is 4.46. The Labute approximate surface area is 198 Å². The first-order valence-corrected chi connectivity index (χ1v) is 12.0. The van der Waals surface area contributed by atoms with Crippen molar-refractivity contribution in [1.29, 1.82) is 0 Å². The molecule has 33 heavy (non-hydrogen) atoms. The van der Waals surface area contributed by atoms with Gasteiger partial charge in [-0.15, -0.1) is 11.8 Å². The van der Waals surface area contributed by atoms with Crippen LogP contribution in [-0.4, -0.2) is 23.6 Å². The van der Waals surface area contributed by atoms with Gasteiger partial charge in [0.05, 0.1) is 18.2 Å². The predicted octanol–water partition coefficient (Wildman–Crippen LogP) is 5.14. The van der Waals surface area contributed by atoms with Crippen LogP contribution in [0.1, 0.15) is 23.6 Å². The Morgan fingerprint density at radius 1 is 1.06 bits per heavy atom. The second-order valence-corrected chi connectivity index (χ2v) is 9.52. The normalized spacial score (nSPS) is 16.3. The number of halogens is 1. The van der Waals surface area contributed by atoms with E-state index in [0.717, 1.165) is 22.6 Å². The highest BCUT2D eigenvalue weighted by Crippen LogP contribution is 2.42. The number of aryl methyl sites for hydroxylation is 1. The van der Waals surface area contributed by atoms with E-state index in [1.165, 1.54) is 23.4 Å². The average molecular weight is 463 g/mol. The van der Waals surface area contributed by atoms with E-state index < -0.39 is 11.2 Å². The topological polar surface area (TPSA) is 49.4 Å². The summed E-state index contributed by atoms with van der Waals surface area (Å²) in [5, 5.41) is 2.40.